The first-order valence-electron chi connectivity index (χ1n) is 7.69. The first-order valence-corrected chi connectivity index (χ1v) is 7.69. The third-order valence-electron chi connectivity index (χ3n) is 4.33. The van der Waals surface area contributed by atoms with E-state index < -0.39 is 12.0 Å². The molecule has 2 heterocycles. The Morgan fingerprint density at radius 1 is 1.17 bits per heavy atom. The van der Waals surface area contributed by atoms with Crippen molar-refractivity contribution in [2.24, 2.45) is 7.05 Å². The fourth-order valence-corrected chi connectivity index (χ4v) is 3.03. The highest BCUT2D eigenvalue weighted by atomic mass is 19.4. The fraction of sp³-hybridized carbons (Fsp3) is 0.500. The Bertz CT molecular complexity index is 687. The lowest BCUT2D eigenvalue weighted by atomic mass is 10.0. The van der Waals surface area contributed by atoms with Crippen molar-refractivity contribution in [3.8, 4) is 11.4 Å². The van der Waals surface area contributed by atoms with Gasteiger partial charge in [-0.3, -0.25) is 4.90 Å². The molecule has 0 spiro atoms. The van der Waals surface area contributed by atoms with Crippen molar-refractivity contribution in [2.45, 2.75) is 32.0 Å². The summed E-state index contributed by atoms with van der Waals surface area (Å²) in [6.07, 6.45) is -2.14. The predicted octanol–water partition coefficient (Wildman–Crippen LogP) is 3.66. The first kappa shape index (κ1) is 16.0. The van der Waals surface area contributed by atoms with Crippen molar-refractivity contribution in [1.82, 2.24) is 19.7 Å². The lowest BCUT2D eigenvalue weighted by Gasteiger charge is -2.24. The maximum absolute atomic E-state index is 12.8. The number of aryl methyl sites for hydroxylation is 1. The van der Waals surface area contributed by atoms with Crippen LogP contribution < -0.4 is 0 Å². The molecule has 1 aliphatic rings. The molecule has 1 aromatic heterocycles. The third-order valence-corrected chi connectivity index (χ3v) is 4.33. The Hall–Kier alpha value is -1.89. The number of alkyl halides is 3. The standard InChI is InChI=1S/C16H19F3N4/c1-11(23-8-3-4-9-23)12-6-5-7-13(10-12)14-20-15(16(17,18)19)21-22(14)2/h5-7,10-11H,3-4,8-9H2,1-2H3/t11-/m0/s1. The Morgan fingerprint density at radius 2 is 1.87 bits per heavy atom. The highest BCUT2D eigenvalue weighted by molar-refractivity contribution is 5.56. The van der Waals surface area contributed by atoms with E-state index in [1.165, 1.54) is 24.6 Å². The van der Waals surface area contributed by atoms with E-state index in [1.54, 1.807) is 6.07 Å². The maximum Gasteiger partial charge on any atom is 0.453 e. The van der Waals surface area contributed by atoms with Crippen molar-refractivity contribution in [1.29, 1.82) is 0 Å². The average molecular weight is 324 g/mol. The molecular weight excluding hydrogens is 305 g/mol. The Kier molecular flexibility index (Phi) is 4.14. The minimum Gasteiger partial charge on any atom is -0.297 e. The van der Waals surface area contributed by atoms with Gasteiger partial charge in [0.25, 0.3) is 5.82 Å². The van der Waals surface area contributed by atoms with Gasteiger partial charge >= 0.3 is 6.18 Å². The van der Waals surface area contributed by atoms with Crippen LogP contribution in [0, 0.1) is 0 Å². The lowest BCUT2D eigenvalue weighted by molar-refractivity contribution is -0.144. The Morgan fingerprint density at radius 3 is 2.48 bits per heavy atom. The van der Waals surface area contributed by atoms with Gasteiger partial charge in [-0.15, -0.1) is 5.10 Å². The molecule has 1 aliphatic heterocycles. The zero-order valence-corrected chi connectivity index (χ0v) is 13.1. The number of halogens is 3. The largest absolute Gasteiger partial charge is 0.453 e. The molecule has 7 heteroatoms. The SMILES string of the molecule is C[C@@H](c1cccc(-c2nc(C(F)(F)F)nn2C)c1)N1CCCC1. The van der Waals surface area contributed by atoms with E-state index in [1.807, 2.05) is 18.2 Å². The molecule has 0 aliphatic carbocycles. The predicted molar refractivity (Wildman–Crippen MR) is 80.7 cm³/mol. The quantitative estimate of drug-likeness (QED) is 0.864. The second kappa shape index (κ2) is 5.96. The average Bonchev–Trinajstić information content (AvgIpc) is 3.15. The van der Waals surface area contributed by atoms with Gasteiger partial charge in [0.05, 0.1) is 0 Å². The molecule has 1 aromatic carbocycles. The van der Waals surface area contributed by atoms with E-state index in [4.69, 9.17) is 0 Å². The van der Waals surface area contributed by atoms with Crippen LogP contribution in [0.4, 0.5) is 13.2 Å². The summed E-state index contributed by atoms with van der Waals surface area (Å²) in [5.41, 5.74) is 1.74. The molecule has 0 amide bonds. The maximum atomic E-state index is 12.8. The molecule has 1 fully saturated rings. The second-order valence-electron chi connectivity index (χ2n) is 5.92. The van der Waals surface area contributed by atoms with Gasteiger partial charge in [-0.05, 0) is 44.5 Å². The van der Waals surface area contributed by atoms with Crippen LogP contribution in [0.5, 0.6) is 0 Å². The van der Waals surface area contributed by atoms with Crippen LogP contribution in [0.1, 0.15) is 37.2 Å². The summed E-state index contributed by atoms with van der Waals surface area (Å²) >= 11 is 0. The number of hydrogen-bond acceptors (Lipinski definition) is 3. The van der Waals surface area contributed by atoms with Gasteiger partial charge in [0.15, 0.2) is 5.82 Å². The number of aromatic nitrogens is 3. The van der Waals surface area contributed by atoms with Crippen LogP contribution in [-0.2, 0) is 13.2 Å². The number of nitrogens with zero attached hydrogens (tertiary/aromatic N) is 4. The summed E-state index contributed by atoms with van der Waals surface area (Å²) in [4.78, 5) is 6.05. The van der Waals surface area contributed by atoms with E-state index >= 15 is 0 Å². The van der Waals surface area contributed by atoms with Crippen LogP contribution in [0.2, 0.25) is 0 Å². The fourth-order valence-electron chi connectivity index (χ4n) is 3.03. The van der Waals surface area contributed by atoms with Crippen LogP contribution >= 0.6 is 0 Å². The summed E-state index contributed by atoms with van der Waals surface area (Å²) in [6, 6.07) is 7.79. The van der Waals surface area contributed by atoms with Crippen LogP contribution in [0.15, 0.2) is 24.3 Å². The normalized spacial score (nSPS) is 17.6. The first-order chi connectivity index (χ1) is 10.9. The molecule has 23 heavy (non-hydrogen) atoms. The van der Waals surface area contributed by atoms with Crippen LogP contribution in [0.25, 0.3) is 11.4 Å². The molecule has 2 aromatic rings. The van der Waals surface area contributed by atoms with Gasteiger partial charge in [-0.1, -0.05) is 18.2 Å². The Labute approximate surface area is 132 Å². The van der Waals surface area contributed by atoms with Crippen molar-refractivity contribution in [3.05, 3.63) is 35.7 Å². The second-order valence-corrected chi connectivity index (χ2v) is 5.92. The summed E-state index contributed by atoms with van der Waals surface area (Å²) < 4.78 is 39.5. The Balaban J connectivity index is 1.92. The number of likely N-dealkylation sites (tertiary alicyclic amines) is 1. The van der Waals surface area contributed by atoms with Gasteiger partial charge in [0.1, 0.15) is 0 Å². The molecule has 0 radical (unpaired) electrons. The number of rotatable bonds is 3. The van der Waals surface area contributed by atoms with Gasteiger partial charge in [0.2, 0.25) is 0 Å². The van der Waals surface area contributed by atoms with Gasteiger partial charge < -0.3 is 0 Å². The summed E-state index contributed by atoms with van der Waals surface area (Å²) in [5.74, 6) is -0.874. The van der Waals surface area contributed by atoms with Crippen molar-refractivity contribution in [3.63, 3.8) is 0 Å². The van der Waals surface area contributed by atoms with E-state index in [0.717, 1.165) is 18.7 Å². The van der Waals surface area contributed by atoms with Crippen molar-refractivity contribution in [2.75, 3.05) is 13.1 Å². The van der Waals surface area contributed by atoms with Crippen LogP contribution in [-0.4, -0.2) is 32.8 Å². The summed E-state index contributed by atoms with van der Waals surface area (Å²) in [6.45, 7) is 4.25. The van der Waals surface area contributed by atoms with E-state index in [9.17, 15) is 13.2 Å². The monoisotopic (exact) mass is 324 g/mol. The third kappa shape index (κ3) is 3.24. The molecule has 3 rings (SSSR count). The topological polar surface area (TPSA) is 34.0 Å². The van der Waals surface area contributed by atoms with Gasteiger partial charge in [-0.2, -0.15) is 13.2 Å². The lowest BCUT2D eigenvalue weighted by Crippen LogP contribution is -2.23. The van der Waals surface area contributed by atoms with Gasteiger partial charge in [0, 0.05) is 18.7 Å². The van der Waals surface area contributed by atoms with Crippen molar-refractivity contribution < 1.29 is 13.2 Å². The highest BCUT2D eigenvalue weighted by Crippen LogP contribution is 2.30. The molecule has 0 unspecified atom stereocenters. The molecule has 0 bridgehead atoms. The minimum absolute atomic E-state index is 0.229. The van der Waals surface area contributed by atoms with E-state index in [2.05, 4.69) is 21.9 Å². The highest BCUT2D eigenvalue weighted by Gasteiger charge is 2.37. The smallest absolute Gasteiger partial charge is 0.297 e. The zero-order valence-electron chi connectivity index (χ0n) is 13.1. The molecule has 4 nitrogen and oxygen atoms in total. The van der Waals surface area contributed by atoms with Gasteiger partial charge in [-0.25, -0.2) is 9.67 Å². The molecule has 124 valence electrons. The minimum atomic E-state index is -4.53. The number of benzene rings is 1. The molecule has 1 saturated heterocycles. The van der Waals surface area contributed by atoms with E-state index in [-0.39, 0.29) is 11.9 Å². The summed E-state index contributed by atoms with van der Waals surface area (Å²) in [7, 11) is 1.48. The zero-order chi connectivity index (χ0) is 16.6. The van der Waals surface area contributed by atoms with E-state index in [0.29, 0.717) is 5.56 Å². The molecular formula is C16H19F3N4. The van der Waals surface area contributed by atoms with Crippen LogP contribution in [0.3, 0.4) is 0 Å². The van der Waals surface area contributed by atoms with Crippen molar-refractivity contribution >= 4 is 0 Å². The number of hydrogen-bond donors (Lipinski definition) is 0. The molecule has 0 saturated carbocycles. The molecule has 0 N–H and O–H groups in total. The molecule has 1 atom stereocenters. The summed E-state index contributed by atoms with van der Waals surface area (Å²) in [5, 5.41) is 3.48.